The molecule has 0 bridgehead atoms. The van der Waals surface area contributed by atoms with Crippen LogP contribution in [0.5, 0.6) is 0 Å². The van der Waals surface area contributed by atoms with Crippen molar-refractivity contribution in [2.75, 3.05) is 13.1 Å². The fourth-order valence-electron chi connectivity index (χ4n) is 3.20. The molecule has 0 unspecified atom stereocenters. The van der Waals surface area contributed by atoms with Gasteiger partial charge in [0.2, 0.25) is 5.91 Å². The Morgan fingerprint density at radius 2 is 1.84 bits per heavy atom. The highest BCUT2D eigenvalue weighted by atomic mass is 35.5. The lowest BCUT2D eigenvalue weighted by Crippen LogP contribution is -2.39. The van der Waals surface area contributed by atoms with E-state index in [2.05, 4.69) is 5.10 Å². The standard InChI is InChI=1S/C19H22ClN3O2/c20-17-4-2-16(3-5-17)18(24)6-7-19(25)22-12-8-15(9-13-22)14-23-11-1-10-21-23/h1-5,10-11,15H,6-9,12-14H2. The fourth-order valence-corrected chi connectivity index (χ4v) is 3.32. The highest BCUT2D eigenvalue weighted by Crippen LogP contribution is 2.20. The summed E-state index contributed by atoms with van der Waals surface area (Å²) in [4.78, 5) is 26.4. The lowest BCUT2D eigenvalue weighted by atomic mass is 9.96. The Hall–Kier alpha value is -2.14. The van der Waals surface area contributed by atoms with Gasteiger partial charge in [-0.05, 0) is 49.1 Å². The minimum absolute atomic E-state index is 0.0152. The second-order valence-electron chi connectivity index (χ2n) is 6.48. The van der Waals surface area contributed by atoms with Crippen LogP contribution in [-0.4, -0.2) is 39.5 Å². The zero-order valence-corrected chi connectivity index (χ0v) is 14.9. The van der Waals surface area contributed by atoms with Crippen LogP contribution in [0.1, 0.15) is 36.0 Å². The smallest absolute Gasteiger partial charge is 0.223 e. The molecule has 2 aromatic rings. The Morgan fingerprint density at radius 3 is 2.48 bits per heavy atom. The summed E-state index contributed by atoms with van der Waals surface area (Å²) in [5.41, 5.74) is 0.607. The number of ketones is 1. The number of Topliss-reactive ketones (excluding diaryl/α,β-unsaturated/α-hetero) is 1. The Balaban J connectivity index is 1.42. The third kappa shape index (κ3) is 4.92. The van der Waals surface area contributed by atoms with Crippen molar-refractivity contribution in [3.8, 4) is 0 Å². The van der Waals surface area contributed by atoms with Gasteiger partial charge in [0.15, 0.2) is 5.78 Å². The van der Waals surface area contributed by atoms with Crippen LogP contribution in [0.4, 0.5) is 0 Å². The van der Waals surface area contributed by atoms with Crippen molar-refractivity contribution in [2.24, 2.45) is 5.92 Å². The van der Waals surface area contributed by atoms with Crippen molar-refractivity contribution in [2.45, 2.75) is 32.2 Å². The quantitative estimate of drug-likeness (QED) is 0.742. The molecule has 2 heterocycles. The summed E-state index contributed by atoms with van der Waals surface area (Å²) in [6, 6.07) is 8.73. The molecular weight excluding hydrogens is 338 g/mol. The van der Waals surface area contributed by atoms with E-state index in [1.54, 1.807) is 30.5 Å². The van der Waals surface area contributed by atoms with Crippen LogP contribution in [0.25, 0.3) is 0 Å². The van der Waals surface area contributed by atoms with Crippen LogP contribution in [0.2, 0.25) is 5.02 Å². The molecule has 0 spiro atoms. The summed E-state index contributed by atoms with van der Waals surface area (Å²) in [5, 5.41) is 4.84. The van der Waals surface area contributed by atoms with Gasteiger partial charge in [-0.3, -0.25) is 14.3 Å². The van der Waals surface area contributed by atoms with Crippen LogP contribution < -0.4 is 0 Å². The van der Waals surface area contributed by atoms with E-state index in [0.29, 0.717) is 16.5 Å². The molecule has 0 saturated carbocycles. The molecule has 132 valence electrons. The highest BCUT2D eigenvalue weighted by Gasteiger charge is 2.23. The second-order valence-corrected chi connectivity index (χ2v) is 6.92. The average Bonchev–Trinajstić information content (AvgIpc) is 3.13. The number of piperidine rings is 1. The Kier molecular flexibility index (Phi) is 5.87. The van der Waals surface area contributed by atoms with Gasteiger partial charge in [-0.25, -0.2) is 0 Å². The fraction of sp³-hybridized carbons (Fsp3) is 0.421. The van der Waals surface area contributed by atoms with Crippen molar-refractivity contribution in [3.63, 3.8) is 0 Å². The number of halogens is 1. The van der Waals surface area contributed by atoms with E-state index in [1.165, 1.54) is 0 Å². The van der Waals surface area contributed by atoms with E-state index < -0.39 is 0 Å². The monoisotopic (exact) mass is 359 g/mol. The maximum absolute atomic E-state index is 12.3. The lowest BCUT2D eigenvalue weighted by Gasteiger charge is -2.32. The minimum Gasteiger partial charge on any atom is -0.343 e. The average molecular weight is 360 g/mol. The second kappa shape index (κ2) is 8.30. The molecule has 1 saturated heterocycles. The summed E-state index contributed by atoms with van der Waals surface area (Å²) in [6.07, 6.45) is 6.24. The summed E-state index contributed by atoms with van der Waals surface area (Å²) in [6.45, 7) is 2.43. The SMILES string of the molecule is O=C(CCC(=O)N1CCC(Cn2cccn2)CC1)c1ccc(Cl)cc1. The summed E-state index contributed by atoms with van der Waals surface area (Å²) < 4.78 is 1.95. The first-order chi connectivity index (χ1) is 12.1. The number of hydrogen-bond acceptors (Lipinski definition) is 3. The third-order valence-corrected chi connectivity index (χ3v) is 4.96. The maximum atomic E-state index is 12.3. The predicted octanol–water partition coefficient (Wildman–Crippen LogP) is 3.44. The molecule has 1 amide bonds. The molecule has 0 radical (unpaired) electrons. The first kappa shape index (κ1) is 17.7. The van der Waals surface area contributed by atoms with Gasteiger partial charge in [0.25, 0.3) is 0 Å². The number of benzene rings is 1. The van der Waals surface area contributed by atoms with Gasteiger partial charge in [0.1, 0.15) is 0 Å². The number of rotatable bonds is 6. The molecule has 1 aromatic heterocycles. The predicted molar refractivity (Wildman–Crippen MR) is 96.5 cm³/mol. The number of amides is 1. The van der Waals surface area contributed by atoms with E-state index in [1.807, 2.05) is 21.8 Å². The normalized spacial score (nSPS) is 15.3. The van der Waals surface area contributed by atoms with Gasteiger partial charge >= 0.3 is 0 Å². The molecule has 0 atom stereocenters. The van der Waals surface area contributed by atoms with Gasteiger partial charge < -0.3 is 4.90 Å². The van der Waals surface area contributed by atoms with Crippen molar-refractivity contribution >= 4 is 23.3 Å². The van der Waals surface area contributed by atoms with Gasteiger partial charge in [-0.2, -0.15) is 5.10 Å². The highest BCUT2D eigenvalue weighted by molar-refractivity contribution is 6.30. The van der Waals surface area contributed by atoms with E-state index in [9.17, 15) is 9.59 Å². The Bertz CT molecular complexity index is 705. The first-order valence-corrected chi connectivity index (χ1v) is 9.03. The Morgan fingerprint density at radius 1 is 1.12 bits per heavy atom. The zero-order chi connectivity index (χ0) is 17.6. The first-order valence-electron chi connectivity index (χ1n) is 8.66. The molecule has 3 rings (SSSR count). The molecule has 0 N–H and O–H groups in total. The van der Waals surface area contributed by atoms with E-state index in [4.69, 9.17) is 11.6 Å². The van der Waals surface area contributed by atoms with Crippen LogP contribution in [0.15, 0.2) is 42.7 Å². The van der Waals surface area contributed by atoms with Crippen molar-refractivity contribution in [1.82, 2.24) is 14.7 Å². The van der Waals surface area contributed by atoms with E-state index >= 15 is 0 Å². The molecule has 25 heavy (non-hydrogen) atoms. The maximum Gasteiger partial charge on any atom is 0.223 e. The third-order valence-electron chi connectivity index (χ3n) is 4.70. The van der Waals surface area contributed by atoms with Crippen molar-refractivity contribution in [1.29, 1.82) is 0 Å². The molecule has 1 aromatic carbocycles. The number of nitrogens with zero attached hydrogens (tertiary/aromatic N) is 3. The number of carbonyl (C=O) groups excluding carboxylic acids is 2. The van der Waals surface area contributed by atoms with Crippen molar-refractivity contribution < 1.29 is 9.59 Å². The lowest BCUT2D eigenvalue weighted by molar-refractivity contribution is -0.132. The van der Waals surface area contributed by atoms with Crippen LogP contribution >= 0.6 is 11.6 Å². The summed E-state index contributed by atoms with van der Waals surface area (Å²) in [7, 11) is 0. The summed E-state index contributed by atoms with van der Waals surface area (Å²) in [5.74, 6) is 0.609. The molecule has 1 aliphatic rings. The molecule has 1 aliphatic heterocycles. The van der Waals surface area contributed by atoms with Gasteiger partial charge in [-0.1, -0.05) is 11.6 Å². The Labute approximate surface area is 152 Å². The summed E-state index contributed by atoms with van der Waals surface area (Å²) >= 11 is 5.82. The molecular formula is C19H22ClN3O2. The molecule has 0 aliphatic carbocycles. The van der Waals surface area contributed by atoms with Gasteiger partial charge in [0, 0.05) is 55.5 Å². The van der Waals surface area contributed by atoms with Crippen LogP contribution in [-0.2, 0) is 11.3 Å². The largest absolute Gasteiger partial charge is 0.343 e. The molecule has 6 heteroatoms. The van der Waals surface area contributed by atoms with E-state index in [0.717, 1.165) is 32.5 Å². The van der Waals surface area contributed by atoms with Crippen molar-refractivity contribution in [3.05, 3.63) is 53.3 Å². The number of likely N-dealkylation sites (tertiary alicyclic amines) is 1. The number of carbonyl (C=O) groups is 2. The topological polar surface area (TPSA) is 55.2 Å². The number of hydrogen-bond donors (Lipinski definition) is 0. The molecule has 5 nitrogen and oxygen atoms in total. The zero-order valence-electron chi connectivity index (χ0n) is 14.1. The minimum atomic E-state index is -0.0152. The van der Waals surface area contributed by atoms with E-state index in [-0.39, 0.29) is 24.5 Å². The van der Waals surface area contributed by atoms with Crippen LogP contribution in [0, 0.1) is 5.92 Å². The van der Waals surface area contributed by atoms with Gasteiger partial charge in [0.05, 0.1) is 0 Å². The number of aromatic nitrogens is 2. The van der Waals surface area contributed by atoms with Gasteiger partial charge in [-0.15, -0.1) is 0 Å². The van der Waals surface area contributed by atoms with Crippen LogP contribution in [0.3, 0.4) is 0 Å². The molecule has 1 fully saturated rings.